The van der Waals surface area contributed by atoms with Crippen LogP contribution in [0, 0.1) is 0 Å². The van der Waals surface area contributed by atoms with Gasteiger partial charge in [0.15, 0.2) is 6.29 Å². The van der Waals surface area contributed by atoms with Crippen LogP contribution in [0.15, 0.2) is 12.2 Å². The van der Waals surface area contributed by atoms with Gasteiger partial charge in [-0.1, -0.05) is 199 Å². The van der Waals surface area contributed by atoms with E-state index in [1.807, 2.05) is 0 Å². The minimum atomic E-state index is -1.53. The van der Waals surface area contributed by atoms with E-state index in [0.29, 0.717) is 13.0 Å². The number of aliphatic hydroxyl groups is 4. The van der Waals surface area contributed by atoms with Gasteiger partial charge in [-0.05, 0) is 38.5 Å². The molecule has 4 N–H and O–H groups in total. The first-order valence-corrected chi connectivity index (χ1v) is 24.8. The van der Waals surface area contributed by atoms with Gasteiger partial charge in [0.05, 0.1) is 19.8 Å². The van der Waals surface area contributed by atoms with Crippen molar-refractivity contribution in [2.75, 3.05) is 26.4 Å². The summed E-state index contributed by atoms with van der Waals surface area (Å²) in [7, 11) is 0. The number of rotatable bonds is 43. The number of carbonyl (C=O) groups excluding carboxylic acids is 1. The van der Waals surface area contributed by atoms with Crippen LogP contribution in [0.5, 0.6) is 0 Å². The molecule has 1 fully saturated rings. The van der Waals surface area contributed by atoms with Crippen LogP contribution in [0.4, 0.5) is 0 Å². The topological polar surface area (TPSA) is 135 Å². The van der Waals surface area contributed by atoms with Crippen LogP contribution in [0.1, 0.15) is 232 Å². The monoisotopic (exact) mass is 827 g/mol. The zero-order chi connectivity index (χ0) is 42.2. The van der Waals surface area contributed by atoms with E-state index in [1.54, 1.807) is 0 Å². The van der Waals surface area contributed by atoms with Crippen molar-refractivity contribution < 1.29 is 44.2 Å². The first-order chi connectivity index (χ1) is 28.4. The van der Waals surface area contributed by atoms with Gasteiger partial charge in [0, 0.05) is 13.0 Å². The molecule has 58 heavy (non-hydrogen) atoms. The summed E-state index contributed by atoms with van der Waals surface area (Å²) in [6.45, 7) is 4.59. The molecule has 6 atom stereocenters. The minimum absolute atomic E-state index is 0.111. The number of esters is 1. The summed E-state index contributed by atoms with van der Waals surface area (Å²) in [4.78, 5) is 12.8. The Morgan fingerprint density at radius 1 is 0.534 bits per heavy atom. The highest BCUT2D eigenvalue weighted by molar-refractivity contribution is 5.69. The summed E-state index contributed by atoms with van der Waals surface area (Å²) in [5.41, 5.74) is 0. The van der Waals surface area contributed by atoms with Gasteiger partial charge in [0.25, 0.3) is 0 Å². The molecule has 0 aromatic rings. The standard InChI is InChI=1S/C49H94O9/c1-3-5-7-9-11-13-15-17-19-20-21-22-23-25-27-29-31-33-35-37-39-55-41-43(42-56-49-48(54)47(53)46(52)44(40-50)58-49)57-45(51)38-36-34-32-30-28-26-24-18-16-14-12-10-8-6-4-2/h18,24,43-44,46-50,52-54H,3-17,19-23,25-42H2,1-2H3/b24-18-. The molecule has 0 radical (unpaired) electrons. The van der Waals surface area contributed by atoms with Gasteiger partial charge in [-0.3, -0.25) is 4.79 Å². The lowest BCUT2D eigenvalue weighted by Crippen LogP contribution is -2.59. The average Bonchev–Trinajstić information content (AvgIpc) is 3.22. The van der Waals surface area contributed by atoms with E-state index in [2.05, 4.69) is 26.0 Å². The van der Waals surface area contributed by atoms with Gasteiger partial charge < -0.3 is 39.4 Å². The minimum Gasteiger partial charge on any atom is -0.457 e. The third-order valence-corrected chi connectivity index (χ3v) is 11.7. The van der Waals surface area contributed by atoms with Crippen molar-refractivity contribution in [1.29, 1.82) is 0 Å². The van der Waals surface area contributed by atoms with E-state index in [-0.39, 0.29) is 19.2 Å². The fourth-order valence-corrected chi connectivity index (χ4v) is 7.78. The zero-order valence-electron chi connectivity index (χ0n) is 37.8. The third-order valence-electron chi connectivity index (χ3n) is 11.7. The van der Waals surface area contributed by atoms with Gasteiger partial charge in [-0.2, -0.15) is 0 Å². The molecule has 0 spiro atoms. The summed E-state index contributed by atoms with van der Waals surface area (Å²) >= 11 is 0. The first-order valence-electron chi connectivity index (χ1n) is 24.8. The van der Waals surface area contributed by atoms with Crippen LogP contribution in [0.2, 0.25) is 0 Å². The number of hydrogen-bond donors (Lipinski definition) is 4. The largest absolute Gasteiger partial charge is 0.457 e. The van der Waals surface area contributed by atoms with E-state index in [4.69, 9.17) is 18.9 Å². The lowest BCUT2D eigenvalue weighted by molar-refractivity contribution is -0.305. The smallest absolute Gasteiger partial charge is 0.306 e. The SMILES string of the molecule is CCCCCCCC/C=C\CCCCCCCC(=O)OC(COCCCCCCCCCCCCCCCCCCCCCC)COC1OC(CO)C(O)C(O)C1O. The molecular formula is C49H94O9. The lowest BCUT2D eigenvalue weighted by Gasteiger charge is -2.39. The Balaban J connectivity index is 2.20. The maximum Gasteiger partial charge on any atom is 0.306 e. The van der Waals surface area contributed by atoms with Crippen molar-refractivity contribution in [2.24, 2.45) is 0 Å². The summed E-state index contributed by atoms with van der Waals surface area (Å²) in [5.74, 6) is -0.317. The maximum absolute atomic E-state index is 12.8. The summed E-state index contributed by atoms with van der Waals surface area (Å²) in [5, 5.41) is 40.2. The van der Waals surface area contributed by atoms with Crippen LogP contribution >= 0.6 is 0 Å². The first kappa shape index (κ1) is 54.9. The van der Waals surface area contributed by atoms with Crippen LogP contribution in [-0.4, -0.2) is 89.6 Å². The van der Waals surface area contributed by atoms with Crippen molar-refractivity contribution in [3.05, 3.63) is 12.2 Å². The molecule has 0 aromatic carbocycles. The van der Waals surface area contributed by atoms with E-state index in [0.717, 1.165) is 44.9 Å². The summed E-state index contributed by atoms with van der Waals surface area (Å²) in [6, 6.07) is 0. The second-order valence-electron chi connectivity index (χ2n) is 17.3. The van der Waals surface area contributed by atoms with Crippen molar-refractivity contribution >= 4 is 5.97 Å². The van der Waals surface area contributed by atoms with Crippen LogP contribution in [0.25, 0.3) is 0 Å². The Hall–Kier alpha value is -1.07. The summed E-state index contributed by atoms with van der Waals surface area (Å²) < 4.78 is 22.9. The number of ether oxygens (including phenoxy) is 4. The van der Waals surface area contributed by atoms with E-state index >= 15 is 0 Å². The van der Waals surface area contributed by atoms with Gasteiger partial charge in [-0.15, -0.1) is 0 Å². The van der Waals surface area contributed by atoms with Crippen molar-refractivity contribution in [1.82, 2.24) is 0 Å². The van der Waals surface area contributed by atoms with Gasteiger partial charge in [0.2, 0.25) is 0 Å². The lowest BCUT2D eigenvalue weighted by atomic mass is 9.99. The number of carbonyl (C=O) groups is 1. The Morgan fingerprint density at radius 3 is 1.40 bits per heavy atom. The molecule has 1 heterocycles. The molecule has 0 aromatic heterocycles. The maximum atomic E-state index is 12.8. The average molecular weight is 827 g/mol. The Labute approximate surface area is 356 Å². The van der Waals surface area contributed by atoms with Gasteiger partial charge >= 0.3 is 5.97 Å². The molecule has 9 nitrogen and oxygen atoms in total. The highest BCUT2D eigenvalue weighted by Gasteiger charge is 2.44. The fraction of sp³-hybridized carbons (Fsp3) is 0.939. The number of hydrogen-bond acceptors (Lipinski definition) is 9. The summed E-state index contributed by atoms with van der Waals surface area (Å²) in [6.07, 6.45) is 39.6. The van der Waals surface area contributed by atoms with E-state index < -0.39 is 43.4 Å². The van der Waals surface area contributed by atoms with Crippen LogP contribution < -0.4 is 0 Å². The second-order valence-corrected chi connectivity index (χ2v) is 17.3. The molecular weight excluding hydrogens is 733 g/mol. The molecule has 0 bridgehead atoms. The normalized spacial score (nSPS) is 20.3. The van der Waals surface area contributed by atoms with Crippen molar-refractivity contribution in [3.8, 4) is 0 Å². The highest BCUT2D eigenvalue weighted by atomic mass is 16.7. The molecule has 9 heteroatoms. The Kier molecular flexibility index (Phi) is 39.1. The molecule has 0 aliphatic carbocycles. The number of allylic oxidation sites excluding steroid dienone is 2. The third kappa shape index (κ3) is 31.8. The molecule has 1 saturated heterocycles. The van der Waals surface area contributed by atoms with Gasteiger partial charge in [0.1, 0.15) is 30.5 Å². The van der Waals surface area contributed by atoms with Crippen molar-refractivity contribution in [2.45, 2.75) is 269 Å². The molecule has 1 aliphatic heterocycles. The molecule has 0 amide bonds. The molecule has 1 aliphatic rings. The molecule has 344 valence electrons. The predicted molar refractivity (Wildman–Crippen MR) is 238 cm³/mol. The van der Waals surface area contributed by atoms with Crippen LogP contribution in [-0.2, 0) is 23.7 Å². The van der Waals surface area contributed by atoms with E-state index in [9.17, 15) is 25.2 Å². The molecule has 1 rings (SSSR count). The fourth-order valence-electron chi connectivity index (χ4n) is 7.78. The quantitative estimate of drug-likeness (QED) is 0.0269. The second kappa shape index (κ2) is 41.3. The predicted octanol–water partition coefficient (Wildman–Crippen LogP) is 11.6. The molecule has 6 unspecified atom stereocenters. The van der Waals surface area contributed by atoms with Gasteiger partial charge in [-0.25, -0.2) is 0 Å². The Morgan fingerprint density at radius 2 is 0.948 bits per heavy atom. The van der Waals surface area contributed by atoms with E-state index in [1.165, 1.54) is 167 Å². The van der Waals surface area contributed by atoms with Crippen molar-refractivity contribution in [3.63, 3.8) is 0 Å². The zero-order valence-corrected chi connectivity index (χ0v) is 37.8. The number of unbranched alkanes of at least 4 members (excludes halogenated alkanes) is 30. The highest BCUT2D eigenvalue weighted by Crippen LogP contribution is 2.23. The Bertz CT molecular complexity index is 899. The molecule has 0 saturated carbocycles. The van der Waals surface area contributed by atoms with Crippen LogP contribution in [0.3, 0.4) is 0 Å². The number of aliphatic hydroxyl groups excluding tert-OH is 4.